The standard InChI is InChI=1S/C21H13N3O5/c25-13-5-6-14(26)17-16(13)19(27)18-21(20(17)28)29-15-4-2-1-3-11(15)9-24(18)12-7-22-10-23-8-12/h1-8,10,25-26H,9H2. The number of hydrogen-bond donors (Lipinski definition) is 2. The second-order valence-corrected chi connectivity index (χ2v) is 6.58. The molecule has 2 aliphatic rings. The fourth-order valence-corrected chi connectivity index (χ4v) is 3.57. The molecular formula is C21H13N3O5. The van der Waals surface area contributed by atoms with E-state index in [2.05, 4.69) is 9.97 Å². The Morgan fingerprint density at radius 3 is 2.28 bits per heavy atom. The van der Waals surface area contributed by atoms with Gasteiger partial charge in [-0.2, -0.15) is 0 Å². The van der Waals surface area contributed by atoms with E-state index in [-0.39, 0.29) is 29.1 Å². The largest absolute Gasteiger partial charge is 0.507 e. The van der Waals surface area contributed by atoms with Gasteiger partial charge in [-0.15, -0.1) is 0 Å². The molecule has 0 spiro atoms. The number of para-hydroxylation sites is 1. The molecule has 29 heavy (non-hydrogen) atoms. The minimum atomic E-state index is -0.693. The number of Topliss-reactive ketones (excluding diaryl/α,β-unsaturated/α-hetero) is 2. The van der Waals surface area contributed by atoms with Crippen molar-refractivity contribution >= 4 is 17.3 Å². The van der Waals surface area contributed by atoms with Crippen LogP contribution < -0.4 is 9.64 Å². The summed E-state index contributed by atoms with van der Waals surface area (Å²) >= 11 is 0. The summed E-state index contributed by atoms with van der Waals surface area (Å²) < 4.78 is 5.88. The third-order valence-corrected chi connectivity index (χ3v) is 4.89. The lowest BCUT2D eigenvalue weighted by atomic mass is 9.89. The van der Waals surface area contributed by atoms with Gasteiger partial charge in [-0.1, -0.05) is 18.2 Å². The fourth-order valence-electron chi connectivity index (χ4n) is 3.57. The maximum Gasteiger partial charge on any atom is 0.235 e. The average Bonchev–Trinajstić information content (AvgIpc) is 2.92. The lowest BCUT2D eigenvalue weighted by Crippen LogP contribution is -2.34. The van der Waals surface area contributed by atoms with Gasteiger partial charge in [0.05, 0.1) is 35.8 Å². The van der Waals surface area contributed by atoms with E-state index in [0.717, 1.165) is 5.56 Å². The van der Waals surface area contributed by atoms with Crippen LogP contribution in [0.15, 0.2) is 66.6 Å². The van der Waals surface area contributed by atoms with Crippen LogP contribution in [0.4, 0.5) is 5.69 Å². The molecule has 2 N–H and O–H groups in total. The molecule has 142 valence electrons. The third kappa shape index (κ3) is 2.46. The summed E-state index contributed by atoms with van der Waals surface area (Å²) in [6.07, 6.45) is 4.39. The van der Waals surface area contributed by atoms with Gasteiger partial charge >= 0.3 is 0 Å². The Kier molecular flexibility index (Phi) is 3.60. The number of phenolic OH excluding ortho intramolecular Hbond substituents is 2. The third-order valence-electron chi connectivity index (χ3n) is 4.89. The topological polar surface area (TPSA) is 113 Å². The minimum Gasteiger partial charge on any atom is -0.507 e. The number of carbonyl (C=O) groups is 2. The minimum absolute atomic E-state index is 0.0469. The molecule has 0 bridgehead atoms. The van der Waals surface area contributed by atoms with Crippen molar-refractivity contribution in [1.29, 1.82) is 0 Å². The van der Waals surface area contributed by atoms with Crippen LogP contribution in [0.1, 0.15) is 26.3 Å². The van der Waals surface area contributed by atoms with Gasteiger partial charge in [0.1, 0.15) is 29.3 Å². The molecule has 3 aromatic rings. The van der Waals surface area contributed by atoms with E-state index in [9.17, 15) is 19.8 Å². The number of anilines is 1. The van der Waals surface area contributed by atoms with Crippen LogP contribution in [0, 0.1) is 0 Å². The van der Waals surface area contributed by atoms with Crippen molar-refractivity contribution in [3.05, 3.63) is 83.3 Å². The zero-order valence-corrected chi connectivity index (χ0v) is 14.9. The van der Waals surface area contributed by atoms with Crippen LogP contribution in [-0.2, 0) is 6.54 Å². The van der Waals surface area contributed by atoms with Crippen molar-refractivity contribution in [2.75, 3.05) is 4.90 Å². The molecule has 0 saturated heterocycles. The highest BCUT2D eigenvalue weighted by molar-refractivity contribution is 6.29. The summed E-state index contributed by atoms with van der Waals surface area (Å²) in [5.74, 6) is -1.94. The van der Waals surface area contributed by atoms with E-state index in [1.807, 2.05) is 12.1 Å². The predicted molar refractivity (Wildman–Crippen MR) is 101 cm³/mol. The number of hydrogen-bond acceptors (Lipinski definition) is 8. The van der Waals surface area contributed by atoms with Crippen molar-refractivity contribution < 1.29 is 24.5 Å². The summed E-state index contributed by atoms with van der Waals surface area (Å²) in [6.45, 7) is 0.219. The van der Waals surface area contributed by atoms with Crippen molar-refractivity contribution in [2.45, 2.75) is 6.54 Å². The lowest BCUT2D eigenvalue weighted by Gasteiger charge is -2.28. The summed E-state index contributed by atoms with van der Waals surface area (Å²) in [5, 5.41) is 20.5. The molecule has 8 nitrogen and oxygen atoms in total. The number of rotatable bonds is 1. The summed E-state index contributed by atoms with van der Waals surface area (Å²) in [4.78, 5) is 36.2. The molecule has 1 aliphatic heterocycles. The molecule has 0 saturated carbocycles. The average molecular weight is 387 g/mol. The van der Waals surface area contributed by atoms with Gasteiger partial charge < -0.3 is 19.8 Å². The number of benzene rings is 2. The number of carbonyl (C=O) groups excluding carboxylic acids is 2. The molecule has 1 aliphatic carbocycles. The van der Waals surface area contributed by atoms with Gasteiger partial charge in [-0.05, 0) is 18.2 Å². The number of fused-ring (bicyclic) bond motifs is 2. The number of phenols is 2. The maximum atomic E-state index is 13.4. The van der Waals surface area contributed by atoms with Gasteiger partial charge in [0.15, 0.2) is 0 Å². The van der Waals surface area contributed by atoms with Gasteiger partial charge in [0, 0.05) is 5.56 Å². The van der Waals surface area contributed by atoms with Crippen LogP contribution in [0.2, 0.25) is 0 Å². The monoisotopic (exact) mass is 387 g/mol. The summed E-state index contributed by atoms with van der Waals surface area (Å²) in [7, 11) is 0. The van der Waals surface area contributed by atoms with E-state index in [1.165, 1.54) is 30.9 Å². The summed E-state index contributed by atoms with van der Waals surface area (Å²) in [5.41, 5.74) is 0.630. The number of aromatic hydroxyl groups is 2. The Hall–Kier alpha value is -4.20. The van der Waals surface area contributed by atoms with E-state index in [0.29, 0.717) is 11.4 Å². The molecule has 2 aromatic carbocycles. The van der Waals surface area contributed by atoms with Crippen LogP contribution >= 0.6 is 0 Å². The predicted octanol–water partition coefficient (Wildman–Crippen LogP) is 2.58. The fraction of sp³-hybridized carbons (Fsp3) is 0.0476. The molecule has 0 atom stereocenters. The van der Waals surface area contributed by atoms with Gasteiger partial charge in [-0.25, -0.2) is 9.97 Å². The van der Waals surface area contributed by atoms with Crippen molar-refractivity contribution in [1.82, 2.24) is 9.97 Å². The number of aromatic nitrogens is 2. The molecule has 2 heterocycles. The van der Waals surface area contributed by atoms with E-state index in [4.69, 9.17) is 4.74 Å². The molecule has 1 aromatic heterocycles. The van der Waals surface area contributed by atoms with Gasteiger partial charge in [-0.3, -0.25) is 9.59 Å². The molecule has 0 fully saturated rings. The number of ether oxygens (including phenoxy) is 1. The Labute approximate surface area is 164 Å². The van der Waals surface area contributed by atoms with E-state index >= 15 is 0 Å². The number of allylic oxidation sites excluding steroid dienone is 2. The second-order valence-electron chi connectivity index (χ2n) is 6.58. The van der Waals surface area contributed by atoms with Crippen LogP contribution in [0.5, 0.6) is 17.2 Å². The van der Waals surface area contributed by atoms with Crippen molar-refractivity contribution in [3.8, 4) is 17.2 Å². The second kappa shape index (κ2) is 6.16. The Balaban J connectivity index is 1.80. The zero-order chi connectivity index (χ0) is 20.1. The Morgan fingerprint density at radius 1 is 0.897 bits per heavy atom. The van der Waals surface area contributed by atoms with E-state index in [1.54, 1.807) is 17.0 Å². The Bertz CT molecular complexity index is 1220. The SMILES string of the molecule is O=C1C2=C(C(=O)c3c(O)ccc(O)c31)N(c1cncnc1)Cc1ccccc1O2. The number of ketones is 2. The van der Waals surface area contributed by atoms with Crippen molar-refractivity contribution in [2.24, 2.45) is 0 Å². The van der Waals surface area contributed by atoms with Gasteiger partial charge in [0.2, 0.25) is 17.3 Å². The first-order chi connectivity index (χ1) is 14.1. The molecule has 0 unspecified atom stereocenters. The van der Waals surface area contributed by atoms with E-state index < -0.39 is 23.1 Å². The zero-order valence-electron chi connectivity index (χ0n) is 14.9. The first-order valence-electron chi connectivity index (χ1n) is 8.73. The quantitative estimate of drug-likeness (QED) is 0.613. The van der Waals surface area contributed by atoms with Crippen molar-refractivity contribution in [3.63, 3.8) is 0 Å². The maximum absolute atomic E-state index is 13.4. The first kappa shape index (κ1) is 16.9. The highest BCUT2D eigenvalue weighted by Gasteiger charge is 2.42. The normalized spacial score (nSPS) is 15.2. The van der Waals surface area contributed by atoms with Gasteiger partial charge in [0.25, 0.3) is 0 Å². The highest BCUT2D eigenvalue weighted by Crippen LogP contribution is 2.42. The Morgan fingerprint density at radius 2 is 1.55 bits per heavy atom. The molecule has 8 heteroatoms. The molecular weight excluding hydrogens is 374 g/mol. The smallest absolute Gasteiger partial charge is 0.235 e. The highest BCUT2D eigenvalue weighted by atomic mass is 16.5. The lowest BCUT2D eigenvalue weighted by molar-refractivity contribution is 0.0931. The van der Waals surface area contributed by atoms with Crippen LogP contribution in [0.25, 0.3) is 0 Å². The molecule has 0 amide bonds. The molecule has 0 radical (unpaired) electrons. The van der Waals surface area contributed by atoms with Crippen LogP contribution in [-0.4, -0.2) is 31.7 Å². The summed E-state index contributed by atoms with van der Waals surface area (Å²) in [6, 6.07) is 9.43. The number of nitrogens with zero attached hydrogens (tertiary/aromatic N) is 3. The van der Waals surface area contributed by atoms with Crippen LogP contribution in [0.3, 0.4) is 0 Å². The molecule has 5 rings (SSSR count). The first-order valence-corrected chi connectivity index (χ1v) is 8.73.